The number of anilines is 1. The molecule has 1 heterocycles. The maximum atomic E-state index is 5.47. The van der Waals surface area contributed by atoms with Crippen LogP contribution in [0.25, 0.3) is 16.8 Å². The summed E-state index contributed by atoms with van der Waals surface area (Å²) < 4.78 is 7.43. The Morgan fingerprint density at radius 3 is 2.28 bits per heavy atom. The molecule has 146 valence electrons. The highest BCUT2D eigenvalue weighted by Gasteiger charge is 2.06. The van der Waals surface area contributed by atoms with Crippen molar-refractivity contribution < 1.29 is 4.74 Å². The number of hydrogen-bond donors (Lipinski definition) is 1. The fourth-order valence-corrected chi connectivity index (χ4v) is 3.50. The van der Waals surface area contributed by atoms with E-state index in [0.29, 0.717) is 0 Å². The van der Waals surface area contributed by atoms with Crippen molar-refractivity contribution in [2.24, 2.45) is 0 Å². The third-order valence-corrected chi connectivity index (χ3v) is 4.99. The van der Waals surface area contributed by atoms with Gasteiger partial charge in [0, 0.05) is 23.5 Å². The van der Waals surface area contributed by atoms with E-state index < -0.39 is 0 Å². The van der Waals surface area contributed by atoms with Crippen LogP contribution < -0.4 is 10.1 Å². The molecule has 4 nitrogen and oxygen atoms in total. The van der Waals surface area contributed by atoms with Crippen molar-refractivity contribution in [1.29, 1.82) is 0 Å². The second kappa shape index (κ2) is 8.23. The number of aromatic nitrogens is 2. The minimum absolute atomic E-state index is 0.769. The predicted octanol–water partition coefficient (Wildman–Crippen LogP) is 5.78. The Labute approximate surface area is 171 Å². The summed E-state index contributed by atoms with van der Waals surface area (Å²) in [6.07, 6.45) is 0. The van der Waals surface area contributed by atoms with Crippen LogP contribution in [0.4, 0.5) is 5.69 Å². The molecule has 0 radical (unpaired) electrons. The lowest BCUT2D eigenvalue weighted by atomic mass is 10.0. The fourth-order valence-electron chi connectivity index (χ4n) is 3.50. The molecule has 0 saturated carbocycles. The topological polar surface area (TPSA) is 39.1 Å². The summed E-state index contributed by atoms with van der Waals surface area (Å²) in [7, 11) is 1.71. The minimum atomic E-state index is 0.769. The van der Waals surface area contributed by atoms with Crippen LogP contribution in [-0.2, 0) is 6.54 Å². The van der Waals surface area contributed by atoms with Crippen LogP contribution in [0.15, 0.2) is 78.9 Å². The number of ether oxygens (including phenoxy) is 1. The third-order valence-electron chi connectivity index (χ3n) is 4.99. The van der Waals surface area contributed by atoms with E-state index in [2.05, 4.69) is 78.0 Å². The lowest BCUT2D eigenvalue weighted by Gasteiger charge is -2.11. The van der Waals surface area contributed by atoms with Gasteiger partial charge in [-0.05, 0) is 61.4 Å². The molecule has 0 amide bonds. The third kappa shape index (κ3) is 4.16. The Morgan fingerprint density at radius 1 is 0.897 bits per heavy atom. The van der Waals surface area contributed by atoms with E-state index in [4.69, 9.17) is 4.74 Å². The van der Waals surface area contributed by atoms with Crippen molar-refractivity contribution in [2.45, 2.75) is 20.4 Å². The van der Waals surface area contributed by atoms with Gasteiger partial charge in [-0.1, -0.05) is 42.5 Å². The summed E-state index contributed by atoms with van der Waals surface area (Å²) in [6, 6.07) is 27.1. The maximum absolute atomic E-state index is 5.47. The first-order chi connectivity index (χ1) is 14.1. The molecule has 0 aliphatic heterocycles. The van der Waals surface area contributed by atoms with E-state index in [1.807, 2.05) is 29.8 Å². The zero-order chi connectivity index (χ0) is 20.2. The molecular weight excluding hydrogens is 358 g/mol. The minimum Gasteiger partial charge on any atom is -0.496 e. The van der Waals surface area contributed by atoms with E-state index in [0.717, 1.165) is 46.2 Å². The standard InChI is InChI=1S/C25H25N3O/c1-18-16-19(2)28(27-18)23-14-12-22(13-15-23)26-17-20-8-10-21(11-9-20)24-6-4-5-7-25(24)29-3/h4-16,26H,17H2,1-3H3. The molecule has 1 aromatic heterocycles. The molecule has 0 aliphatic carbocycles. The van der Waals surface area contributed by atoms with Gasteiger partial charge in [0.2, 0.25) is 0 Å². The molecular formula is C25H25N3O. The van der Waals surface area contributed by atoms with Crippen LogP contribution in [0.5, 0.6) is 5.75 Å². The zero-order valence-electron chi connectivity index (χ0n) is 17.0. The first-order valence-electron chi connectivity index (χ1n) is 9.74. The Hall–Kier alpha value is -3.53. The molecule has 0 spiro atoms. The van der Waals surface area contributed by atoms with E-state index in [-0.39, 0.29) is 0 Å². The van der Waals surface area contributed by atoms with Gasteiger partial charge in [-0.2, -0.15) is 5.10 Å². The molecule has 4 rings (SSSR count). The summed E-state index contributed by atoms with van der Waals surface area (Å²) in [5.41, 5.74) is 7.81. The molecule has 0 bridgehead atoms. The molecule has 0 aliphatic rings. The Bertz CT molecular complexity index is 1100. The predicted molar refractivity (Wildman–Crippen MR) is 119 cm³/mol. The largest absolute Gasteiger partial charge is 0.496 e. The Morgan fingerprint density at radius 2 is 1.62 bits per heavy atom. The Balaban J connectivity index is 1.42. The van der Waals surface area contributed by atoms with Gasteiger partial charge in [-0.25, -0.2) is 4.68 Å². The second-order valence-corrected chi connectivity index (χ2v) is 7.14. The van der Waals surface area contributed by atoms with Crippen molar-refractivity contribution in [3.8, 4) is 22.6 Å². The number of nitrogens with one attached hydrogen (secondary N) is 1. The average Bonchev–Trinajstić information content (AvgIpc) is 3.11. The highest BCUT2D eigenvalue weighted by Crippen LogP contribution is 2.29. The van der Waals surface area contributed by atoms with Crippen molar-refractivity contribution in [2.75, 3.05) is 12.4 Å². The van der Waals surface area contributed by atoms with Crippen LogP contribution in [-0.4, -0.2) is 16.9 Å². The average molecular weight is 383 g/mol. The number of benzene rings is 3. The molecule has 0 fully saturated rings. The summed E-state index contributed by atoms with van der Waals surface area (Å²) in [5, 5.41) is 8.02. The number of methoxy groups -OCH3 is 1. The molecule has 4 heteroatoms. The van der Waals surface area contributed by atoms with Crippen LogP contribution in [0.2, 0.25) is 0 Å². The quantitative estimate of drug-likeness (QED) is 0.459. The van der Waals surface area contributed by atoms with Crippen molar-refractivity contribution in [3.63, 3.8) is 0 Å². The molecule has 0 atom stereocenters. The van der Waals surface area contributed by atoms with E-state index in [9.17, 15) is 0 Å². The lowest BCUT2D eigenvalue weighted by Crippen LogP contribution is -2.01. The molecule has 0 unspecified atom stereocenters. The van der Waals surface area contributed by atoms with Gasteiger partial charge in [-0.3, -0.25) is 0 Å². The van der Waals surface area contributed by atoms with Gasteiger partial charge >= 0.3 is 0 Å². The van der Waals surface area contributed by atoms with Crippen LogP contribution in [0.1, 0.15) is 17.0 Å². The summed E-state index contributed by atoms with van der Waals surface area (Å²) >= 11 is 0. The SMILES string of the molecule is COc1ccccc1-c1ccc(CNc2ccc(-n3nc(C)cc3C)cc2)cc1. The first kappa shape index (κ1) is 18.8. The van der Waals surface area contributed by atoms with Gasteiger partial charge in [0.15, 0.2) is 0 Å². The van der Waals surface area contributed by atoms with Crippen LogP contribution >= 0.6 is 0 Å². The number of rotatable bonds is 6. The van der Waals surface area contributed by atoms with Crippen molar-refractivity contribution in [1.82, 2.24) is 9.78 Å². The van der Waals surface area contributed by atoms with Crippen LogP contribution in [0, 0.1) is 13.8 Å². The molecule has 4 aromatic rings. The molecule has 3 aromatic carbocycles. The summed E-state index contributed by atoms with van der Waals surface area (Å²) in [4.78, 5) is 0. The molecule has 29 heavy (non-hydrogen) atoms. The van der Waals surface area contributed by atoms with Gasteiger partial charge in [-0.15, -0.1) is 0 Å². The van der Waals surface area contributed by atoms with Gasteiger partial charge in [0.1, 0.15) is 5.75 Å². The number of para-hydroxylation sites is 1. The summed E-state index contributed by atoms with van der Waals surface area (Å²) in [5.74, 6) is 0.890. The lowest BCUT2D eigenvalue weighted by molar-refractivity contribution is 0.416. The van der Waals surface area contributed by atoms with Gasteiger partial charge < -0.3 is 10.1 Å². The maximum Gasteiger partial charge on any atom is 0.126 e. The molecule has 0 saturated heterocycles. The van der Waals surface area contributed by atoms with Gasteiger partial charge in [0.05, 0.1) is 18.5 Å². The van der Waals surface area contributed by atoms with Crippen LogP contribution in [0.3, 0.4) is 0 Å². The number of aryl methyl sites for hydroxylation is 2. The fraction of sp³-hybridized carbons (Fsp3) is 0.160. The normalized spacial score (nSPS) is 10.7. The molecule has 1 N–H and O–H groups in total. The zero-order valence-corrected chi connectivity index (χ0v) is 17.0. The van der Waals surface area contributed by atoms with Crippen molar-refractivity contribution in [3.05, 3.63) is 95.8 Å². The second-order valence-electron chi connectivity index (χ2n) is 7.14. The van der Waals surface area contributed by atoms with E-state index >= 15 is 0 Å². The number of hydrogen-bond acceptors (Lipinski definition) is 3. The summed E-state index contributed by atoms with van der Waals surface area (Å²) in [6.45, 7) is 4.85. The van der Waals surface area contributed by atoms with Crippen molar-refractivity contribution >= 4 is 5.69 Å². The Kier molecular flexibility index (Phi) is 5.34. The monoisotopic (exact) mass is 383 g/mol. The smallest absolute Gasteiger partial charge is 0.126 e. The van der Waals surface area contributed by atoms with Gasteiger partial charge in [0.25, 0.3) is 0 Å². The van der Waals surface area contributed by atoms with E-state index in [1.165, 1.54) is 5.56 Å². The van der Waals surface area contributed by atoms with E-state index in [1.54, 1.807) is 7.11 Å². The first-order valence-corrected chi connectivity index (χ1v) is 9.74. The highest BCUT2D eigenvalue weighted by molar-refractivity contribution is 5.70. The number of nitrogens with zero attached hydrogens (tertiary/aromatic N) is 2. The highest BCUT2D eigenvalue weighted by atomic mass is 16.5.